The van der Waals surface area contributed by atoms with Crippen LogP contribution in [-0.4, -0.2) is 29.6 Å². The number of pyridine rings is 1. The van der Waals surface area contributed by atoms with Crippen molar-refractivity contribution in [1.29, 1.82) is 0 Å². The van der Waals surface area contributed by atoms with E-state index in [1.165, 1.54) is 38.5 Å². The minimum atomic E-state index is -0.621. The van der Waals surface area contributed by atoms with Crippen molar-refractivity contribution >= 4 is 23.2 Å². The molecule has 1 N–H and O–H groups in total. The van der Waals surface area contributed by atoms with Gasteiger partial charge >= 0.3 is 5.97 Å². The lowest BCUT2D eigenvalue weighted by Gasteiger charge is -2.21. The number of hydrogen-bond acceptors (Lipinski definition) is 4. The molecular weight excluding hydrogens is 320 g/mol. The van der Waals surface area contributed by atoms with E-state index in [9.17, 15) is 4.79 Å². The molecule has 5 heteroatoms. The Labute approximate surface area is 150 Å². The van der Waals surface area contributed by atoms with Crippen LogP contribution >= 0.6 is 12.2 Å². The number of ether oxygens (including phenoxy) is 1. The zero-order valence-electron chi connectivity index (χ0n) is 14.5. The highest BCUT2D eigenvalue weighted by Gasteiger charge is 2.27. The first-order chi connectivity index (χ1) is 11.7. The van der Waals surface area contributed by atoms with Crippen LogP contribution in [0.25, 0.3) is 0 Å². The molecule has 0 radical (unpaired) electrons. The van der Waals surface area contributed by atoms with Crippen LogP contribution in [0.3, 0.4) is 0 Å². The molecule has 1 saturated carbocycles. The van der Waals surface area contributed by atoms with Gasteiger partial charge in [-0.3, -0.25) is 9.78 Å². The van der Waals surface area contributed by atoms with Crippen LogP contribution in [0.15, 0.2) is 24.4 Å². The van der Waals surface area contributed by atoms with E-state index in [0.717, 1.165) is 18.8 Å². The molecule has 0 spiro atoms. The summed E-state index contributed by atoms with van der Waals surface area (Å²) in [5.41, 5.74) is 0.629. The molecule has 0 bridgehead atoms. The minimum absolute atomic E-state index is 0.314. The molecule has 1 aliphatic carbocycles. The average Bonchev–Trinajstić information content (AvgIpc) is 2.63. The second-order valence-electron chi connectivity index (χ2n) is 6.47. The molecule has 0 amide bonds. The second kappa shape index (κ2) is 10.4. The van der Waals surface area contributed by atoms with Gasteiger partial charge in [0.25, 0.3) is 0 Å². The molecule has 0 aromatic carbocycles. The molecule has 2 rings (SSSR count). The molecule has 1 heterocycles. The van der Waals surface area contributed by atoms with E-state index < -0.39 is 5.92 Å². The maximum absolute atomic E-state index is 12.4. The van der Waals surface area contributed by atoms with Crippen molar-refractivity contribution in [1.82, 2.24) is 10.3 Å². The molecule has 4 nitrogen and oxygen atoms in total. The van der Waals surface area contributed by atoms with E-state index in [2.05, 4.69) is 10.3 Å². The Morgan fingerprint density at radius 3 is 2.79 bits per heavy atom. The summed E-state index contributed by atoms with van der Waals surface area (Å²) >= 11 is 5.27. The monoisotopic (exact) mass is 348 g/mol. The van der Waals surface area contributed by atoms with Crippen molar-refractivity contribution < 1.29 is 9.53 Å². The number of aromatic nitrogens is 1. The number of carbonyl (C=O) groups is 1. The summed E-state index contributed by atoms with van der Waals surface area (Å²) < 4.78 is 5.46. The van der Waals surface area contributed by atoms with Gasteiger partial charge in [0, 0.05) is 13.2 Å². The number of hydrogen-bond donors (Lipinski definition) is 1. The van der Waals surface area contributed by atoms with Crippen molar-refractivity contribution in [3.63, 3.8) is 0 Å². The van der Waals surface area contributed by atoms with Crippen molar-refractivity contribution in [3.8, 4) is 0 Å². The highest BCUT2D eigenvalue weighted by Crippen LogP contribution is 2.27. The molecule has 0 aliphatic heterocycles. The van der Waals surface area contributed by atoms with Crippen LogP contribution in [0.4, 0.5) is 0 Å². The predicted molar refractivity (Wildman–Crippen MR) is 100 cm³/mol. The molecule has 132 valence electrons. The Hall–Kier alpha value is -1.49. The highest BCUT2D eigenvalue weighted by atomic mass is 32.1. The van der Waals surface area contributed by atoms with Gasteiger partial charge in [-0.15, -0.1) is 0 Å². The number of esters is 1. The summed E-state index contributed by atoms with van der Waals surface area (Å²) in [7, 11) is 1.72. The first-order valence-electron chi connectivity index (χ1n) is 9.01. The third-order valence-corrected chi connectivity index (χ3v) is 5.14. The Bertz CT molecular complexity index is 515. The number of rotatable bonds is 8. The molecular formula is C19H28N2O2S. The van der Waals surface area contributed by atoms with Gasteiger partial charge < -0.3 is 10.1 Å². The van der Waals surface area contributed by atoms with E-state index in [4.69, 9.17) is 17.0 Å². The van der Waals surface area contributed by atoms with Gasteiger partial charge in [0.05, 0.1) is 17.3 Å². The van der Waals surface area contributed by atoms with Crippen molar-refractivity contribution in [2.24, 2.45) is 5.92 Å². The summed E-state index contributed by atoms with van der Waals surface area (Å²) in [6, 6.07) is 5.48. The van der Waals surface area contributed by atoms with E-state index >= 15 is 0 Å². The molecule has 24 heavy (non-hydrogen) atoms. The van der Waals surface area contributed by atoms with Crippen LogP contribution in [-0.2, 0) is 9.53 Å². The average molecular weight is 349 g/mol. The Morgan fingerprint density at radius 1 is 1.33 bits per heavy atom. The first-order valence-corrected chi connectivity index (χ1v) is 9.42. The van der Waals surface area contributed by atoms with Crippen molar-refractivity contribution in [3.05, 3.63) is 30.1 Å². The van der Waals surface area contributed by atoms with Gasteiger partial charge in [0.15, 0.2) is 0 Å². The molecule has 1 atom stereocenters. The van der Waals surface area contributed by atoms with E-state index in [1.807, 2.05) is 12.1 Å². The molecule has 1 aromatic heterocycles. The lowest BCUT2D eigenvalue weighted by Crippen LogP contribution is -2.31. The van der Waals surface area contributed by atoms with Gasteiger partial charge in [0.2, 0.25) is 0 Å². The maximum Gasteiger partial charge on any atom is 0.322 e. The van der Waals surface area contributed by atoms with Crippen LogP contribution in [0.5, 0.6) is 0 Å². The van der Waals surface area contributed by atoms with Crippen LogP contribution in [0.2, 0.25) is 0 Å². The zero-order chi connectivity index (χ0) is 17.2. The number of carbonyl (C=O) groups excluding carboxylic acids is 1. The lowest BCUT2D eigenvalue weighted by atomic mass is 9.86. The third-order valence-electron chi connectivity index (χ3n) is 4.70. The lowest BCUT2D eigenvalue weighted by molar-refractivity contribution is -0.143. The zero-order valence-corrected chi connectivity index (χ0v) is 15.3. The largest absolute Gasteiger partial charge is 0.465 e. The number of nitrogens with zero attached hydrogens (tertiary/aromatic N) is 1. The maximum atomic E-state index is 12.4. The number of unbranched alkanes of at least 4 members (excludes halogenated alkanes) is 1. The Kier molecular flexibility index (Phi) is 8.16. The number of likely N-dealkylation sites (N-methyl/N-ethyl adjacent to an activating group) is 1. The standard InChI is InChI=1S/C19H28N2O2S/c1-20-18(24)17(16-12-5-7-13-21-16)19(22)23-14-8-6-11-15-9-3-2-4-10-15/h5,7,12-13,15,17H,2-4,6,8-11,14H2,1H3,(H,20,24). The molecule has 1 aliphatic rings. The highest BCUT2D eigenvalue weighted by molar-refractivity contribution is 7.80. The molecule has 1 unspecified atom stereocenters. The molecule has 1 fully saturated rings. The van der Waals surface area contributed by atoms with Gasteiger partial charge in [-0.1, -0.05) is 56.8 Å². The minimum Gasteiger partial charge on any atom is -0.465 e. The summed E-state index contributed by atoms with van der Waals surface area (Å²) in [5, 5.41) is 2.88. The predicted octanol–water partition coefficient (Wildman–Crippen LogP) is 4.01. The number of thiocarbonyl (C=S) groups is 1. The van der Waals surface area contributed by atoms with E-state index in [0.29, 0.717) is 17.3 Å². The molecule has 0 saturated heterocycles. The quantitative estimate of drug-likeness (QED) is 0.437. The van der Waals surface area contributed by atoms with Crippen molar-refractivity contribution in [2.45, 2.75) is 57.3 Å². The summed E-state index contributed by atoms with van der Waals surface area (Å²) in [6.07, 6.45) is 11.9. The van der Waals surface area contributed by atoms with Gasteiger partial charge in [0.1, 0.15) is 5.92 Å². The SMILES string of the molecule is CNC(=S)C(C(=O)OCCCCC1CCCCC1)c1ccccn1. The Balaban J connectivity index is 1.75. The topological polar surface area (TPSA) is 51.2 Å². The number of nitrogens with one attached hydrogen (secondary N) is 1. The van der Waals surface area contributed by atoms with Gasteiger partial charge in [-0.05, 0) is 30.9 Å². The summed E-state index contributed by atoms with van der Waals surface area (Å²) in [4.78, 5) is 17.1. The fourth-order valence-corrected chi connectivity index (χ4v) is 3.54. The van der Waals surface area contributed by atoms with Gasteiger partial charge in [-0.2, -0.15) is 0 Å². The molecule has 1 aromatic rings. The summed E-state index contributed by atoms with van der Waals surface area (Å²) in [5.74, 6) is -0.0529. The fourth-order valence-electron chi connectivity index (χ4n) is 3.32. The normalized spacial score (nSPS) is 16.4. The van der Waals surface area contributed by atoms with E-state index in [-0.39, 0.29) is 5.97 Å². The smallest absolute Gasteiger partial charge is 0.322 e. The van der Waals surface area contributed by atoms with Crippen molar-refractivity contribution in [2.75, 3.05) is 13.7 Å². The summed E-state index contributed by atoms with van der Waals surface area (Å²) in [6.45, 7) is 0.460. The van der Waals surface area contributed by atoms with Crippen LogP contribution < -0.4 is 5.32 Å². The first kappa shape index (κ1) is 18.8. The van der Waals surface area contributed by atoms with Crippen LogP contribution in [0, 0.1) is 5.92 Å². The van der Waals surface area contributed by atoms with E-state index in [1.54, 1.807) is 19.3 Å². The van der Waals surface area contributed by atoms with Crippen LogP contribution in [0.1, 0.15) is 63.0 Å². The Morgan fingerprint density at radius 2 is 2.12 bits per heavy atom. The van der Waals surface area contributed by atoms with Gasteiger partial charge in [-0.25, -0.2) is 0 Å². The third kappa shape index (κ3) is 5.86. The second-order valence-corrected chi connectivity index (χ2v) is 6.91. The fraction of sp³-hybridized carbons (Fsp3) is 0.632.